The Morgan fingerprint density at radius 3 is 2.65 bits per heavy atom. The van der Waals surface area contributed by atoms with Crippen molar-refractivity contribution in [3.63, 3.8) is 0 Å². The van der Waals surface area contributed by atoms with E-state index in [1.807, 2.05) is 0 Å². The molecule has 1 rings (SSSR count). The summed E-state index contributed by atoms with van der Waals surface area (Å²) < 4.78 is 0. The zero-order chi connectivity index (χ0) is 12.5. The lowest BCUT2D eigenvalue weighted by Gasteiger charge is -2.23. The minimum atomic E-state index is 0.134. The average Bonchev–Trinajstić information content (AvgIpc) is 2.86. The number of rotatable bonds is 8. The van der Waals surface area contributed by atoms with Crippen LogP contribution in [0.15, 0.2) is 0 Å². The highest BCUT2D eigenvalue weighted by Gasteiger charge is 2.18. The number of likely N-dealkylation sites (N-methyl/N-ethyl adjacent to an activating group) is 1. The second-order valence-corrected chi connectivity index (χ2v) is 4.95. The highest BCUT2D eigenvalue weighted by atomic mass is 16.1. The maximum absolute atomic E-state index is 11.0. The van der Waals surface area contributed by atoms with Gasteiger partial charge in [0.2, 0.25) is 5.91 Å². The van der Waals surface area contributed by atoms with Crippen LogP contribution in [0.1, 0.15) is 38.5 Å². The van der Waals surface area contributed by atoms with E-state index in [4.69, 9.17) is 0 Å². The second kappa shape index (κ2) is 8.48. The molecule has 0 aromatic heterocycles. The minimum absolute atomic E-state index is 0.134. The van der Waals surface area contributed by atoms with E-state index in [0.717, 1.165) is 32.1 Å². The smallest absolute Gasteiger partial charge is 0.219 e. The van der Waals surface area contributed by atoms with Crippen molar-refractivity contribution in [2.75, 3.05) is 33.7 Å². The summed E-state index contributed by atoms with van der Waals surface area (Å²) in [5.41, 5.74) is 0. The summed E-state index contributed by atoms with van der Waals surface area (Å²) in [7, 11) is 3.91. The first kappa shape index (κ1) is 14.5. The quantitative estimate of drug-likeness (QED) is 0.623. The van der Waals surface area contributed by atoms with Crippen molar-refractivity contribution in [3.05, 3.63) is 0 Å². The van der Waals surface area contributed by atoms with Crippen molar-refractivity contribution < 1.29 is 4.79 Å². The summed E-state index contributed by atoms with van der Waals surface area (Å²) in [6, 6.07) is 0.808. The van der Waals surface area contributed by atoms with Gasteiger partial charge in [-0.2, -0.15) is 0 Å². The number of nitrogens with zero attached hydrogens (tertiary/aromatic N) is 1. The van der Waals surface area contributed by atoms with Crippen LogP contribution in [0.5, 0.6) is 0 Å². The Kier molecular flexibility index (Phi) is 7.21. The third kappa shape index (κ3) is 6.03. The van der Waals surface area contributed by atoms with Crippen LogP contribution in [0, 0.1) is 0 Å². The number of carbonyl (C=O) groups excluding carboxylic acids is 1. The molecule has 100 valence electrons. The molecule has 4 heteroatoms. The number of carbonyl (C=O) groups is 1. The van der Waals surface area contributed by atoms with Gasteiger partial charge in [-0.1, -0.05) is 12.8 Å². The summed E-state index contributed by atoms with van der Waals surface area (Å²) in [6.07, 6.45) is 7.08. The fraction of sp³-hybridized carbons (Fsp3) is 0.923. The molecule has 0 unspecified atom stereocenters. The maximum Gasteiger partial charge on any atom is 0.219 e. The van der Waals surface area contributed by atoms with Crippen LogP contribution in [0.3, 0.4) is 0 Å². The molecule has 2 N–H and O–H groups in total. The lowest BCUT2D eigenvalue weighted by atomic mass is 10.2. The van der Waals surface area contributed by atoms with Crippen molar-refractivity contribution in [2.24, 2.45) is 0 Å². The van der Waals surface area contributed by atoms with E-state index < -0.39 is 0 Å². The van der Waals surface area contributed by atoms with Gasteiger partial charge in [-0.25, -0.2) is 0 Å². The average molecular weight is 241 g/mol. The van der Waals surface area contributed by atoms with Crippen molar-refractivity contribution in [1.29, 1.82) is 0 Å². The van der Waals surface area contributed by atoms with E-state index in [2.05, 4.69) is 22.6 Å². The van der Waals surface area contributed by atoms with Crippen molar-refractivity contribution in [3.8, 4) is 0 Å². The molecule has 0 aliphatic heterocycles. The molecule has 0 bridgehead atoms. The molecule has 1 aliphatic carbocycles. The Morgan fingerprint density at radius 1 is 1.29 bits per heavy atom. The first-order chi connectivity index (χ1) is 8.24. The molecule has 17 heavy (non-hydrogen) atoms. The first-order valence-electron chi connectivity index (χ1n) is 6.85. The van der Waals surface area contributed by atoms with Gasteiger partial charge in [-0.05, 0) is 32.9 Å². The summed E-state index contributed by atoms with van der Waals surface area (Å²) in [5.74, 6) is 0.134. The summed E-state index contributed by atoms with van der Waals surface area (Å²) in [6.45, 7) is 3.08. The molecule has 0 heterocycles. The summed E-state index contributed by atoms with van der Waals surface area (Å²) >= 11 is 0. The Balaban J connectivity index is 1.91. The number of hydrogen-bond acceptors (Lipinski definition) is 3. The number of amides is 1. The standard InChI is InChI=1S/C13H27N3O/c1-14-13(17)8-5-9-15-10-11-16(2)12-6-3-4-7-12/h12,15H,3-11H2,1-2H3,(H,14,17). The Hall–Kier alpha value is -0.610. The SMILES string of the molecule is CNC(=O)CCCNCCN(C)C1CCCC1. The first-order valence-corrected chi connectivity index (χ1v) is 6.85. The van der Waals surface area contributed by atoms with E-state index in [1.54, 1.807) is 7.05 Å². The second-order valence-electron chi connectivity index (χ2n) is 4.95. The Labute approximate surface area is 105 Å². The molecule has 0 radical (unpaired) electrons. The summed E-state index contributed by atoms with van der Waals surface area (Å²) in [4.78, 5) is 13.5. The van der Waals surface area contributed by atoms with E-state index in [0.29, 0.717) is 6.42 Å². The van der Waals surface area contributed by atoms with Crippen molar-refractivity contribution in [1.82, 2.24) is 15.5 Å². The van der Waals surface area contributed by atoms with Gasteiger partial charge in [-0.3, -0.25) is 4.79 Å². The van der Waals surface area contributed by atoms with Gasteiger partial charge in [0.05, 0.1) is 0 Å². The molecule has 1 saturated carbocycles. The van der Waals surface area contributed by atoms with Gasteiger partial charge in [0.25, 0.3) is 0 Å². The third-order valence-electron chi connectivity index (χ3n) is 3.63. The topological polar surface area (TPSA) is 44.4 Å². The highest BCUT2D eigenvalue weighted by molar-refractivity contribution is 5.75. The number of hydrogen-bond donors (Lipinski definition) is 2. The van der Waals surface area contributed by atoms with Crippen LogP contribution in [0.2, 0.25) is 0 Å². The van der Waals surface area contributed by atoms with Gasteiger partial charge >= 0.3 is 0 Å². The Bertz CT molecular complexity index is 215. The zero-order valence-electron chi connectivity index (χ0n) is 11.3. The molecular formula is C13H27N3O. The van der Waals surface area contributed by atoms with Crippen LogP contribution in [-0.4, -0.2) is 50.6 Å². The van der Waals surface area contributed by atoms with Crippen LogP contribution in [-0.2, 0) is 4.79 Å². The zero-order valence-corrected chi connectivity index (χ0v) is 11.3. The molecule has 1 fully saturated rings. The van der Waals surface area contributed by atoms with E-state index >= 15 is 0 Å². The van der Waals surface area contributed by atoms with Gasteiger partial charge in [0.15, 0.2) is 0 Å². The lowest BCUT2D eigenvalue weighted by Crippen LogP contribution is -2.35. The molecule has 4 nitrogen and oxygen atoms in total. The van der Waals surface area contributed by atoms with Gasteiger partial charge in [0, 0.05) is 32.6 Å². The molecule has 0 aromatic rings. The number of nitrogens with one attached hydrogen (secondary N) is 2. The van der Waals surface area contributed by atoms with Crippen LogP contribution in [0.4, 0.5) is 0 Å². The Morgan fingerprint density at radius 2 is 2.00 bits per heavy atom. The molecular weight excluding hydrogens is 214 g/mol. The normalized spacial score (nSPS) is 16.6. The van der Waals surface area contributed by atoms with Gasteiger partial charge in [-0.15, -0.1) is 0 Å². The molecule has 0 saturated heterocycles. The van der Waals surface area contributed by atoms with Gasteiger partial charge < -0.3 is 15.5 Å². The van der Waals surface area contributed by atoms with E-state index in [1.165, 1.54) is 25.7 Å². The molecule has 0 aromatic carbocycles. The van der Waals surface area contributed by atoms with Crippen molar-refractivity contribution in [2.45, 2.75) is 44.6 Å². The molecule has 0 spiro atoms. The van der Waals surface area contributed by atoms with Crippen LogP contribution in [0.25, 0.3) is 0 Å². The van der Waals surface area contributed by atoms with Crippen LogP contribution >= 0.6 is 0 Å². The molecule has 1 aliphatic rings. The van der Waals surface area contributed by atoms with Gasteiger partial charge in [0.1, 0.15) is 0 Å². The lowest BCUT2D eigenvalue weighted by molar-refractivity contribution is -0.120. The third-order valence-corrected chi connectivity index (χ3v) is 3.63. The predicted molar refractivity (Wildman–Crippen MR) is 71.1 cm³/mol. The maximum atomic E-state index is 11.0. The monoisotopic (exact) mass is 241 g/mol. The largest absolute Gasteiger partial charge is 0.359 e. The summed E-state index contributed by atoms with van der Waals surface area (Å²) in [5, 5.41) is 6.03. The molecule has 1 amide bonds. The molecule has 0 atom stereocenters. The fourth-order valence-electron chi connectivity index (χ4n) is 2.41. The minimum Gasteiger partial charge on any atom is -0.359 e. The van der Waals surface area contributed by atoms with E-state index in [-0.39, 0.29) is 5.91 Å². The van der Waals surface area contributed by atoms with Crippen LogP contribution < -0.4 is 10.6 Å². The fourth-order valence-corrected chi connectivity index (χ4v) is 2.41. The highest BCUT2D eigenvalue weighted by Crippen LogP contribution is 2.21. The predicted octanol–water partition coefficient (Wildman–Crippen LogP) is 0.977. The van der Waals surface area contributed by atoms with Crippen molar-refractivity contribution >= 4 is 5.91 Å². The van der Waals surface area contributed by atoms with E-state index in [9.17, 15) is 4.79 Å².